The number of rotatable bonds is 6. The van der Waals surface area contributed by atoms with E-state index in [2.05, 4.69) is 17.1 Å². The summed E-state index contributed by atoms with van der Waals surface area (Å²) in [5.74, 6) is 0.711. The van der Waals surface area contributed by atoms with Crippen LogP contribution >= 0.6 is 0 Å². The SMILES string of the molecule is CCC(C)N(C)C(=O)c1cc(COc2ccccc2)[nH]n1. The predicted molar refractivity (Wildman–Crippen MR) is 81.2 cm³/mol. The number of carbonyl (C=O) groups excluding carboxylic acids is 1. The summed E-state index contributed by atoms with van der Waals surface area (Å²) in [4.78, 5) is 13.9. The van der Waals surface area contributed by atoms with Gasteiger partial charge in [-0.1, -0.05) is 25.1 Å². The fourth-order valence-corrected chi connectivity index (χ4v) is 1.88. The molecule has 1 atom stereocenters. The van der Waals surface area contributed by atoms with E-state index in [1.165, 1.54) is 0 Å². The maximum Gasteiger partial charge on any atom is 0.274 e. The van der Waals surface area contributed by atoms with Crippen molar-refractivity contribution >= 4 is 5.91 Å². The fourth-order valence-electron chi connectivity index (χ4n) is 1.88. The van der Waals surface area contributed by atoms with Crippen LogP contribution in [0, 0.1) is 0 Å². The van der Waals surface area contributed by atoms with Crippen molar-refractivity contribution < 1.29 is 9.53 Å². The first kappa shape index (κ1) is 15.1. The van der Waals surface area contributed by atoms with Crippen LogP contribution in [0.2, 0.25) is 0 Å². The number of nitrogens with zero attached hydrogens (tertiary/aromatic N) is 2. The van der Waals surface area contributed by atoms with E-state index in [-0.39, 0.29) is 11.9 Å². The molecule has 1 heterocycles. The predicted octanol–water partition coefficient (Wildman–Crippen LogP) is 2.86. The van der Waals surface area contributed by atoms with Crippen LogP contribution in [0.4, 0.5) is 0 Å². The largest absolute Gasteiger partial charge is 0.487 e. The lowest BCUT2D eigenvalue weighted by molar-refractivity contribution is 0.0734. The van der Waals surface area contributed by atoms with Crippen molar-refractivity contribution in [2.75, 3.05) is 7.05 Å². The third kappa shape index (κ3) is 3.84. The minimum Gasteiger partial charge on any atom is -0.487 e. The van der Waals surface area contributed by atoms with Crippen LogP contribution in [0.3, 0.4) is 0 Å². The standard InChI is InChI=1S/C16H21N3O2/c1-4-12(2)19(3)16(20)15-10-13(17-18-15)11-21-14-8-6-5-7-9-14/h5-10,12H,4,11H2,1-3H3,(H,17,18). The second kappa shape index (κ2) is 6.92. The zero-order chi connectivity index (χ0) is 15.2. The van der Waals surface area contributed by atoms with Crippen LogP contribution in [0.15, 0.2) is 36.4 Å². The zero-order valence-corrected chi connectivity index (χ0v) is 12.7. The van der Waals surface area contributed by atoms with Gasteiger partial charge < -0.3 is 9.64 Å². The Bertz CT molecular complexity index is 580. The molecule has 1 aromatic heterocycles. The van der Waals surface area contributed by atoms with E-state index in [1.54, 1.807) is 18.0 Å². The van der Waals surface area contributed by atoms with Gasteiger partial charge in [-0.05, 0) is 31.5 Å². The summed E-state index contributed by atoms with van der Waals surface area (Å²) < 4.78 is 5.62. The van der Waals surface area contributed by atoms with E-state index < -0.39 is 0 Å². The molecule has 0 radical (unpaired) electrons. The smallest absolute Gasteiger partial charge is 0.274 e. The van der Waals surface area contributed by atoms with Gasteiger partial charge in [0.25, 0.3) is 5.91 Å². The Balaban J connectivity index is 1.96. The fraction of sp³-hybridized carbons (Fsp3) is 0.375. The monoisotopic (exact) mass is 287 g/mol. The third-order valence-electron chi connectivity index (χ3n) is 3.56. The molecule has 0 aliphatic rings. The van der Waals surface area contributed by atoms with Gasteiger partial charge >= 0.3 is 0 Å². The van der Waals surface area contributed by atoms with Gasteiger partial charge in [-0.25, -0.2) is 0 Å². The summed E-state index contributed by atoms with van der Waals surface area (Å²) in [6.07, 6.45) is 0.913. The van der Waals surface area contributed by atoms with Crippen LogP contribution in [0.1, 0.15) is 36.5 Å². The second-order valence-corrected chi connectivity index (χ2v) is 5.05. The number of aromatic nitrogens is 2. The molecule has 1 N–H and O–H groups in total. The van der Waals surface area contributed by atoms with E-state index in [0.717, 1.165) is 17.9 Å². The van der Waals surface area contributed by atoms with Gasteiger partial charge in [-0.2, -0.15) is 5.10 Å². The molecule has 0 saturated heterocycles. The highest BCUT2D eigenvalue weighted by atomic mass is 16.5. The number of H-pyrrole nitrogens is 1. The molecule has 0 saturated carbocycles. The van der Waals surface area contributed by atoms with Crippen LogP contribution < -0.4 is 4.74 Å². The summed E-state index contributed by atoms with van der Waals surface area (Å²) in [6, 6.07) is 11.5. The molecule has 0 spiro atoms. The van der Waals surface area contributed by atoms with Crippen LogP contribution in [0.25, 0.3) is 0 Å². The van der Waals surface area contributed by atoms with Crippen LogP contribution in [-0.4, -0.2) is 34.1 Å². The number of ether oxygens (including phenoxy) is 1. The summed E-state index contributed by atoms with van der Waals surface area (Å²) in [7, 11) is 1.80. The Labute approximate surface area is 124 Å². The molecule has 0 bridgehead atoms. The molecule has 112 valence electrons. The van der Waals surface area contributed by atoms with Crippen molar-refractivity contribution in [3.05, 3.63) is 47.8 Å². The van der Waals surface area contributed by atoms with Crippen LogP contribution in [0.5, 0.6) is 5.75 Å². The van der Waals surface area contributed by atoms with E-state index in [0.29, 0.717) is 12.3 Å². The van der Waals surface area contributed by atoms with Crippen LogP contribution in [-0.2, 0) is 6.61 Å². The van der Waals surface area contributed by atoms with Crippen molar-refractivity contribution in [1.82, 2.24) is 15.1 Å². The van der Waals surface area contributed by atoms with Gasteiger partial charge in [-0.15, -0.1) is 0 Å². The van der Waals surface area contributed by atoms with Gasteiger partial charge in [0, 0.05) is 13.1 Å². The van der Waals surface area contributed by atoms with Gasteiger partial charge in [-0.3, -0.25) is 9.89 Å². The summed E-state index contributed by atoms with van der Waals surface area (Å²) >= 11 is 0. The van der Waals surface area contributed by atoms with E-state index in [4.69, 9.17) is 4.74 Å². The van der Waals surface area contributed by atoms with Gasteiger partial charge in [0.15, 0.2) is 5.69 Å². The Morgan fingerprint density at radius 2 is 2.10 bits per heavy atom. The molecular weight excluding hydrogens is 266 g/mol. The third-order valence-corrected chi connectivity index (χ3v) is 3.56. The molecule has 5 heteroatoms. The molecule has 21 heavy (non-hydrogen) atoms. The van der Waals surface area contributed by atoms with Gasteiger partial charge in [0.05, 0.1) is 5.69 Å². The number of nitrogens with one attached hydrogen (secondary N) is 1. The van der Waals surface area contributed by atoms with Crippen molar-refractivity contribution in [3.8, 4) is 5.75 Å². The summed E-state index contributed by atoms with van der Waals surface area (Å²) in [5.41, 5.74) is 1.20. The summed E-state index contributed by atoms with van der Waals surface area (Å²) in [6.45, 7) is 4.43. The van der Waals surface area contributed by atoms with Crippen molar-refractivity contribution in [1.29, 1.82) is 0 Å². The lowest BCUT2D eigenvalue weighted by Crippen LogP contribution is -2.34. The van der Waals surface area contributed by atoms with Crippen molar-refractivity contribution in [3.63, 3.8) is 0 Å². The molecule has 0 fully saturated rings. The van der Waals surface area contributed by atoms with Gasteiger partial charge in [0.1, 0.15) is 12.4 Å². The topological polar surface area (TPSA) is 58.2 Å². The summed E-state index contributed by atoms with van der Waals surface area (Å²) in [5, 5.41) is 6.92. The van der Waals surface area contributed by atoms with Crippen molar-refractivity contribution in [2.24, 2.45) is 0 Å². The van der Waals surface area contributed by atoms with Crippen molar-refractivity contribution in [2.45, 2.75) is 32.9 Å². The molecule has 1 unspecified atom stereocenters. The van der Waals surface area contributed by atoms with E-state index in [1.807, 2.05) is 37.3 Å². The molecule has 2 aromatic rings. The quantitative estimate of drug-likeness (QED) is 0.888. The van der Waals surface area contributed by atoms with E-state index >= 15 is 0 Å². The lowest BCUT2D eigenvalue weighted by Gasteiger charge is -2.22. The first-order valence-electron chi connectivity index (χ1n) is 7.11. The normalized spacial score (nSPS) is 12.0. The molecule has 1 amide bonds. The Hall–Kier alpha value is -2.30. The zero-order valence-electron chi connectivity index (χ0n) is 12.7. The first-order chi connectivity index (χ1) is 10.1. The average molecular weight is 287 g/mol. The minimum atomic E-state index is -0.0773. The highest BCUT2D eigenvalue weighted by molar-refractivity contribution is 5.92. The number of para-hydroxylation sites is 1. The number of hydrogen-bond donors (Lipinski definition) is 1. The number of benzene rings is 1. The highest BCUT2D eigenvalue weighted by Crippen LogP contribution is 2.12. The lowest BCUT2D eigenvalue weighted by atomic mass is 10.2. The maximum absolute atomic E-state index is 12.2. The number of hydrogen-bond acceptors (Lipinski definition) is 3. The Morgan fingerprint density at radius 1 is 1.38 bits per heavy atom. The molecule has 1 aromatic carbocycles. The Kier molecular flexibility index (Phi) is 4.98. The Morgan fingerprint density at radius 3 is 2.76 bits per heavy atom. The van der Waals surface area contributed by atoms with Gasteiger partial charge in [0.2, 0.25) is 0 Å². The first-order valence-corrected chi connectivity index (χ1v) is 7.11. The average Bonchev–Trinajstić information content (AvgIpc) is 3.00. The second-order valence-electron chi connectivity index (χ2n) is 5.05. The molecule has 0 aliphatic carbocycles. The van der Waals surface area contributed by atoms with E-state index in [9.17, 15) is 4.79 Å². The number of aromatic amines is 1. The molecular formula is C16H21N3O2. The minimum absolute atomic E-state index is 0.0773. The highest BCUT2D eigenvalue weighted by Gasteiger charge is 2.18. The molecule has 2 rings (SSSR count). The molecule has 0 aliphatic heterocycles. The number of amides is 1. The molecule has 5 nitrogen and oxygen atoms in total. The maximum atomic E-state index is 12.2. The number of carbonyl (C=O) groups is 1.